The van der Waals surface area contributed by atoms with E-state index in [1.54, 1.807) is 6.08 Å². The molecule has 0 radical (unpaired) electrons. The van der Waals surface area contributed by atoms with Crippen LogP contribution in [0.4, 0.5) is 0 Å². The van der Waals surface area contributed by atoms with Gasteiger partial charge < -0.3 is 0 Å². The predicted octanol–water partition coefficient (Wildman–Crippen LogP) is 3.11. The van der Waals surface area contributed by atoms with Gasteiger partial charge in [0.15, 0.2) is 5.78 Å². The van der Waals surface area contributed by atoms with E-state index in [0.29, 0.717) is 0 Å². The van der Waals surface area contributed by atoms with E-state index in [4.69, 9.17) is 11.6 Å². The van der Waals surface area contributed by atoms with E-state index in [0.717, 1.165) is 5.56 Å². The van der Waals surface area contributed by atoms with E-state index >= 15 is 0 Å². The lowest BCUT2D eigenvalue weighted by molar-refractivity contribution is -0.112. The number of halogens is 2. The molecule has 68 valence electrons. The van der Waals surface area contributed by atoms with Crippen LogP contribution < -0.4 is 0 Å². The highest BCUT2D eigenvalue weighted by atomic mass is 127. The van der Waals surface area contributed by atoms with E-state index in [9.17, 15) is 4.79 Å². The minimum absolute atomic E-state index is 0.0425. The first-order chi connectivity index (χ1) is 6.22. The molecular formula is C10H8ClIO. The van der Waals surface area contributed by atoms with Crippen molar-refractivity contribution in [3.05, 3.63) is 39.5 Å². The predicted molar refractivity (Wildman–Crippen MR) is 63.9 cm³/mol. The largest absolute Gasteiger partial charge is 0.294 e. The van der Waals surface area contributed by atoms with Crippen molar-refractivity contribution in [3.8, 4) is 0 Å². The second-order valence-corrected chi connectivity index (χ2v) is 4.00. The fourth-order valence-electron chi connectivity index (χ4n) is 0.808. The number of carbonyl (C=O) groups is 1. The molecule has 0 saturated carbocycles. The molecule has 1 nitrogen and oxygen atoms in total. The summed E-state index contributed by atoms with van der Waals surface area (Å²) in [6.45, 7) is 0. The summed E-state index contributed by atoms with van der Waals surface area (Å²) in [5.41, 5.74) is 1.01. The highest BCUT2D eigenvalue weighted by Gasteiger charge is 1.91. The minimum atomic E-state index is -0.0692. The van der Waals surface area contributed by atoms with Crippen molar-refractivity contribution in [1.29, 1.82) is 0 Å². The normalized spacial score (nSPS) is 10.6. The first kappa shape index (κ1) is 10.7. The number of hydrogen-bond donors (Lipinski definition) is 0. The molecule has 0 spiro atoms. The van der Waals surface area contributed by atoms with E-state index in [2.05, 4.69) is 22.6 Å². The smallest absolute Gasteiger partial charge is 0.170 e. The van der Waals surface area contributed by atoms with Crippen LogP contribution in [-0.2, 0) is 4.79 Å². The Balaban J connectivity index is 2.69. The monoisotopic (exact) mass is 306 g/mol. The SMILES string of the molecule is O=C(C=Cc1ccc(I)cc1)CCl. The number of benzene rings is 1. The van der Waals surface area contributed by atoms with Crippen LogP contribution in [0, 0.1) is 3.57 Å². The number of allylic oxidation sites excluding steroid dienone is 1. The summed E-state index contributed by atoms with van der Waals surface area (Å²) in [6, 6.07) is 7.90. The zero-order valence-electron chi connectivity index (χ0n) is 6.84. The van der Waals surface area contributed by atoms with E-state index < -0.39 is 0 Å². The molecule has 1 aromatic rings. The van der Waals surface area contributed by atoms with Gasteiger partial charge in [-0.25, -0.2) is 0 Å². The van der Waals surface area contributed by atoms with Crippen molar-refractivity contribution in [3.63, 3.8) is 0 Å². The molecule has 0 heterocycles. The summed E-state index contributed by atoms with van der Waals surface area (Å²) in [4.78, 5) is 10.8. The molecule has 0 atom stereocenters. The molecule has 0 bridgehead atoms. The maximum absolute atomic E-state index is 10.8. The molecule has 0 aliphatic rings. The molecule has 0 fully saturated rings. The quantitative estimate of drug-likeness (QED) is 0.476. The van der Waals surface area contributed by atoms with E-state index in [1.165, 1.54) is 9.65 Å². The van der Waals surface area contributed by atoms with Crippen LogP contribution in [0.15, 0.2) is 30.3 Å². The van der Waals surface area contributed by atoms with E-state index in [-0.39, 0.29) is 11.7 Å². The lowest BCUT2D eigenvalue weighted by Crippen LogP contribution is -1.91. The first-order valence-electron chi connectivity index (χ1n) is 3.75. The van der Waals surface area contributed by atoms with Crippen molar-refractivity contribution in [2.75, 3.05) is 5.88 Å². The molecular weight excluding hydrogens is 298 g/mol. The fourth-order valence-corrected chi connectivity index (χ4v) is 1.26. The lowest BCUT2D eigenvalue weighted by atomic mass is 10.2. The third-order valence-electron chi connectivity index (χ3n) is 1.46. The fraction of sp³-hybridized carbons (Fsp3) is 0.100. The molecule has 0 N–H and O–H groups in total. The summed E-state index contributed by atoms with van der Waals surface area (Å²) in [5, 5.41) is 0. The van der Waals surface area contributed by atoms with Gasteiger partial charge in [-0.2, -0.15) is 0 Å². The van der Waals surface area contributed by atoms with Crippen LogP contribution in [0.2, 0.25) is 0 Å². The van der Waals surface area contributed by atoms with Crippen LogP contribution in [0.1, 0.15) is 5.56 Å². The molecule has 1 rings (SSSR count). The highest BCUT2D eigenvalue weighted by Crippen LogP contribution is 2.07. The summed E-state index contributed by atoms with van der Waals surface area (Å²) >= 11 is 7.57. The Bertz CT molecular complexity index is 316. The molecule has 13 heavy (non-hydrogen) atoms. The Kier molecular flexibility index (Phi) is 4.45. The van der Waals surface area contributed by atoms with Crippen LogP contribution >= 0.6 is 34.2 Å². The lowest BCUT2D eigenvalue weighted by Gasteiger charge is -1.92. The van der Waals surface area contributed by atoms with Gasteiger partial charge in [0.05, 0.1) is 5.88 Å². The van der Waals surface area contributed by atoms with Crippen molar-refractivity contribution in [2.45, 2.75) is 0 Å². The van der Waals surface area contributed by atoms with Gasteiger partial charge in [-0.05, 0) is 46.4 Å². The highest BCUT2D eigenvalue weighted by molar-refractivity contribution is 14.1. The Morgan fingerprint density at radius 3 is 2.54 bits per heavy atom. The van der Waals surface area contributed by atoms with Gasteiger partial charge in [-0.3, -0.25) is 4.79 Å². The summed E-state index contributed by atoms with van der Waals surface area (Å²) in [6.07, 6.45) is 3.26. The Labute approximate surface area is 95.9 Å². The van der Waals surface area contributed by atoms with Crippen LogP contribution in [0.3, 0.4) is 0 Å². The molecule has 1 aromatic carbocycles. The van der Waals surface area contributed by atoms with Crippen LogP contribution in [0.5, 0.6) is 0 Å². The van der Waals surface area contributed by atoms with Gasteiger partial charge in [0.25, 0.3) is 0 Å². The molecule has 0 unspecified atom stereocenters. The average Bonchev–Trinajstić information content (AvgIpc) is 2.16. The van der Waals surface area contributed by atoms with Gasteiger partial charge in [-0.1, -0.05) is 18.2 Å². The number of rotatable bonds is 3. The maximum atomic E-state index is 10.8. The standard InChI is InChI=1S/C10H8ClIO/c11-7-10(13)6-3-8-1-4-9(12)5-2-8/h1-6H,7H2. The van der Waals surface area contributed by atoms with Gasteiger partial charge >= 0.3 is 0 Å². The van der Waals surface area contributed by atoms with Gasteiger partial charge in [0, 0.05) is 3.57 Å². The second kappa shape index (κ2) is 5.40. The summed E-state index contributed by atoms with van der Waals surface area (Å²) < 4.78 is 1.18. The third-order valence-corrected chi connectivity index (χ3v) is 2.45. The average molecular weight is 307 g/mol. The van der Waals surface area contributed by atoms with Gasteiger partial charge in [0.2, 0.25) is 0 Å². The topological polar surface area (TPSA) is 17.1 Å². The molecule has 0 aromatic heterocycles. The Hall–Kier alpha value is -0.350. The minimum Gasteiger partial charge on any atom is -0.294 e. The van der Waals surface area contributed by atoms with Crippen molar-refractivity contribution in [1.82, 2.24) is 0 Å². The first-order valence-corrected chi connectivity index (χ1v) is 5.36. The van der Waals surface area contributed by atoms with Crippen LogP contribution in [-0.4, -0.2) is 11.7 Å². The molecule has 0 aliphatic carbocycles. The number of ketones is 1. The van der Waals surface area contributed by atoms with Gasteiger partial charge in [-0.15, -0.1) is 11.6 Å². The zero-order valence-corrected chi connectivity index (χ0v) is 9.75. The van der Waals surface area contributed by atoms with Crippen molar-refractivity contribution in [2.24, 2.45) is 0 Å². The van der Waals surface area contributed by atoms with Crippen molar-refractivity contribution < 1.29 is 4.79 Å². The van der Waals surface area contributed by atoms with Gasteiger partial charge in [0.1, 0.15) is 0 Å². The molecule has 0 saturated heterocycles. The molecule has 0 aliphatic heterocycles. The zero-order chi connectivity index (χ0) is 9.68. The van der Waals surface area contributed by atoms with Crippen molar-refractivity contribution >= 4 is 46.1 Å². The number of carbonyl (C=O) groups excluding carboxylic acids is 1. The molecule has 3 heteroatoms. The van der Waals surface area contributed by atoms with Crippen LogP contribution in [0.25, 0.3) is 6.08 Å². The number of hydrogen-bond acceptors (Lipinski definition) is 1. The Morgan fingerprint density at radius 2 is 2.00 bits per heavy atom. The molecule has 0 amide bonds. The summed E-state index contributed by atoms with van der Waals surface area (Å²) in [5.74, 6) is -0.0267. The third kappa shape index (κ3) is 3.91. The second-order valence-electron chi connectivity index (χ2n) is 2.48. The summed E-state index contributed by atoms with van der Waals surface area (Å²) in [7, 11) is 0. The van der Waals surface area contributed by atoms with E-state index in [1.807, 2.05) is 24.3 Å². The number of alkyl halides is 1. The Morgan fingerprint density at radius 1 is 1.38 bits per heavy atom. The maximum Gasteiger partial charge on any atom is 0.170 e.